The molecule has 168 valence electrons. The predicted molar refractivity (Wildman–Crippen MR) is 131 cm³/mol. The van der Waals surface area contributed by atoms with Crippen LogP contribution >= 0.6 is 11.6 Å². The van der Waals surface area contributed by atoms with Crippen LogP contribution in [0.15, 0.2) is 77.7 Å². The van der Waals surface area contributed by atoms with E-state index in [1.165, 1.54) is 29.8 Å². The Morgan fingerprint density at radius 3 is 2.31 bits per heavy atom. The Balaban J connectivity index is 1.84. The highest BCUT2D eigenvalue weighted by Crippen LogP contribution is 2.25. The number of nitrogens with one attached hydrogen (secondary N) is 1. The summed E-state index contributed by atoms with van der Waals surface area (Å²) in [6, 6.07) is 20.6. The van der Waals surface area contributed by atoms with Gasteiger partial charge in [-0.3, -0.25) is 9.10 Å². The van der Waals surface area contributed by atoms with Gasteiger partial charge in [0.2, 0.25) is 5.91 Å². The van der Waals surface area contributed by atoms with Crippen LogP contribution in [0.3, 0.4) is 0 Å². The van der Waals surface area contributed by atoms with E-state index in [2.05, 4.69) is 12.2 Å². The molecule has 0 saturated carbocycles. The summed E-state index contributed by atoms with van der Waals surface area (Å²) in [6.45, 7) is 3.66. The maximum atomic E-state index is 13.4. The molecule has 0 aromatic heterocycles. The first-order valence-electron chi connectivity index (χ1n) is 10.5. The average Bonchev–Trinajstić information content (AvgIpc) is 2.77. The Morgan fingerprint density at radius 1 is 1.00 bits per heavy atom. The largest absolute Gasteiger partial charge is 0.325 e. The number of aryl methyl sites for hydroxylation is 2. The fourth-order valence-corrected chi connectivity index (χ4v) is 4.84. The van der Waals surface area contributed by atoms with Gasteiger partial charge in [-0.05, 0) is 79.4 Å². The summed E-state index contributed by atoms with van der Waals surface area (Å²) in [4.78, 5) is 12.9. The number of anilines is 2. The molecule has 0 aliphatic rings. The molecule has 3 rings (SSSR count). The molecular formula is C25H27ClN2O3S. The summed E-state index contributed by atoms with van der Waals surface area (Å²) < 4.78 is 27.9. The fraction of sp³-hybridized carbons (Fsp3) is 0.240. The maximum absolute atomic E-state index is 13.4. The molecule has 7 heteroatoms. The number of amides is 1. The second-order valence-corrected chi connectivity index (χ2v) is 9.95. The zero-order valence-corrected chi connectivity index (χ0v) is 19.8. The number of rotatable bonds is 9. The van der Waals surface area contributed by atoms with E-state index in [1.54, 1.807) is 18.2 Å². The quantitative estimate of drug-likeness (QED) is 0.428. The molecule has 0 aliphatic heterocycles. The highest BCUT2D eigenvalue weighted by Gasteiger charge is 2.27. The zero-order valence-electron chi connectivity index (χ0n) is 18.2. The van der Waals surface area contributed by atoms with Crippen LogP contribution in [0, 0.1) is 6.92 Å². The molecule has 0 radical (unpaired) electrons. The van der Waals surface area contributed by atoms with Crippen LogP contribution in [0.5, 0.6) is 0 Å². The topological polar surface area (TPSA) is 66.5 Å². The lowest BCUT2D eigenvalue weighted by Crippen LogP contribution is -2.38. The Kier molecular flexibility index (Phi) is 7.94. The Morgan fingerprint density at radius 2 is 1.69 bits per heavy atom. The number of sulfonamides is 1. The van der Waals surface area contributed by atoms with Gasteiger partial charge in [0, 0.05) is 10.7 Å². The molecule has 5 nitrogen and oxygen atoms in total. The average molecular weight is 471 g/mol. The van der Waals surface area contributed by atoms with Crippen LogP contribution in [0.2, 0.25) is 5.02 Å². The lowest BCUT2D eigenvalue weighted by Gasteiger charge is -2.24. The van der Waals surface area contributed by atoms with Crippen molar-refractivity contribution in [3.63, 3.8) is 0 Å². The highest BCUT2D eigenvalue weighted by atomic mass is 35.5. The molecule has 1 amide bonds. The number of carbonyl (C=O) groups excluding carboxylic acids is 1. The van der Waals surface area contributed by atoms with Crippen molar-refractivity contribution in [2.75, 3.05) is 16.2 Å². The van der Waals surface area contributed by atoms with Gasteiger partial charge < -0.3 is 5.32 Å². The first kappa shape index (κ1) is 23.8. The minimum Gasteiger partial charge on any atom is -0.325 e. The summed E-state index contributed by atoms with van der Waals surface area (Å²) in [7, 11) is -3.98. The van der Waals surface area contributed by atoms with Crippen LogP contribution < -0.4 is 9.62 Å². The third kappa shape index (κ3) is 6.11. The summed E-state index contributed by atoms with van der Waals surface area (Å²) in [5, 5.41) is 3.24. The maximum Gasteiger partial charge on any atom is 0.264 e. The number of unbranched alkanes of at least 4 members (excludes halogenated alkanes) is 1. The number of nitrogens with zero attached hydrogens (tertiary/aromatic N) is 1. The van der Waals surface area contributed by atoms with E-state index >= 15 is 0 Å². The van der Waals surface area contributed by atoms with Gasteiger partial charge in [0.1, 0.15) is 6.54 Å². The highest BCUT2D eigenvalue weighted by molar-refractivity contribution is 7.92. The Bertz CT molecular complexity index is 1160. The SMILES string of the molecule is CCCCc1ccc(NC(=O)CN(c2cccc(C)c2)S(=O)(=O)c2ccc(Cl)cc2)cc1. The fourth-order valence-electron chi connectivity index (χ4n) is 3.30. The van der Waals surface area contributed by atoms with Gasteiger partial charge in [-0.1, -0.05) is 49.2 Å². The zero-order chi connectivity index (χ0) is 23.1. The molecule has 32 heavy (non-hydrogen) atoms. The number of hydrogen-bond acceptors (Lipinski definition) is 3. The minimum atomic E-state index is -3.98. The van der Waals surface area contributed by atoms with Crippen LogP contribution in [-0.4, -0.2) is 20.9 Å². The Labute approximate surface area is 195 Å². The van der Waals surface area contributed by atoms with Crippen molar-refractivity contribution in [3.8, 4) is 0 Å². The van der Waals surface area contributed by atoms with E-state index in [4.69, 9.17) is 11.6 Å². The van der Waals surface area contributed by atoms with E-state index in [0.29, 0.717) is 16.4 Å². The van der Waals surface area contributed by atoms with E-state index in [0.717, 1.165) is 29.1 Å². The van der Waals surface area contributed by atoms with Gasteiger partial charge >= 0.3 is 0 Å². The van der Waals surface area contributed by atoms with Crippen molar-refractivity contribution < 1.29 is 13.2 Å². The molecule has 0 heterocycles. The van der Waals surface area contributed by atoms with Gasteiger partial charge in [-0.15, -0.1) is 0 Å². The first-order valence-corrected chi connectivity index (χ1v) is 12.3. The third-order valence-electron chi connectivity index (χ3n) is 5.04. The monoisotopic (exact) mass is 470 g/mol. The molecular weight excluding hydrogens is 444 g/mol. The van der Waals surface area contributed by atoms with Crippen LogP contribution in [0.4, 0.5) is 11.4 Å². The normalized spacial score (nSPS) is 11.2. The standard InChI is InChI=1S/C25H27ClN2O3S/c1-3-4-7-20-9-13-22(14-10-20)27-25(29)18-28(23-8-5-6-19(2)17-23)32(30,31)24-15-11-21(26)12-16-24/h5-6,8-17H,3-4,7,18H2,1-2H3,(H,27,29). The van der Waals surface area contributed by atoms with Crippen molar-refractivity contribution in [2.24, 2.45) is 0 Å². The second kappa shape index (κ2) is 10.7. The molecule has 3 aromatic carbocycles. The molecule has 1 N–H and O–H groups in total. The predicted octanol–water partition coefficient (Wildman–Crippen LogP) is 5.83. The van der Waals surface area contributed by atoms with E-state index in [9.17, 15) is 13.2 Å². The number of halogens is 1. The molecule has 3 aromatic rings. The van der Waals surface area contributed by atoms with Crippen molar-refractivity contribution in [3.05, 3.63) is 88.9 Å². The van der Waals surface area contributed by atoms with Crippen molar-refractivity contribution in [1.29, 1.82) is 0 Å². The van der Waals surface area contributed by atoms with Crippen LogP contribution in [0.25, 0.3) is 0 Å². The first-order chi connectivity index (χ1) is 15.3. The lowest BCUT2D eigenvalue weighted by molar-refractivity contribution is -0.114. The number of carbonyl (C=O) groups is 1. The second-order valence-electron chi connectivity index (χ2n) is 7.65. The number of benzene rings is 3. The van der Waals surface area contributed by atoms with Crippen LogP contribution in [-0.2, 0) is 21.2 Å². The smallest absolute Gasteiger partial charge is 0.264 e. The molecule has 0 spiro atoms. The molecule has 0 saturated heterocycles. The van der Waals surface area contributed by atoms with Crippen molar-refractivity contribution in [2.45, 2.75) is 38.0 Å². The van der Waals surface area contributed by atoms with Gasteiger partial charge in [0.25, 0.3) is 10.0 Å². The summed E-state index contributed by atoms with van der Waals surface area (Å²) in [5.41, 5.74) is 3.15. The molecule has 0 unspecified atom stereocenters. The summed E-state index contributed by atoms with van der Waals surface area (Å²) in [5.74, 6) is -0.426. The number of hydrogen-bond donors (Lipinski definition) is 1. The van der Waals surface area contributed by atoms with E-state index in [-0.39, 0.29) is 11.4 Å². The summed E-state index contributed by atoms with van der Waals surface area (Å²) >= 11 is 5.92. The molecule has 0 fully saturated rings. The summed E-state index contributed by atoms with van der Waals surface area (Å²) in [6.07, 6.45) is 3.22. The molecule has 0 aliphatic carbocycles. The molecule has 0 atom stereocenters. The minimum absolute atomic E-state index is 0.0662. The van der Waals surface area contributed by atoms with Gasteiger partial charge in [-0.2, -0.15) is 0 Å². The Hall–Kier alpha value is -2.83. The van der Waals surface area contributed by atoms with Gasteiger partial charge in [0.05, 0.1) is 10.6 Å². The third-order valence-corrected chi connectivity index (χ3v) is 7.08. The van der Waals surface area contributed by atoms with Crippen molar-refractivity contribution >= 4 is 38.9 Å². The van der Waals surface area contributed by atoms with E-state index in [1.807, 2.05) is 37.3 Å². The lowest BCUT2D eigenvalue weighted by atomic mass is 10.1. The van der Waals surface area contributed by atoms with Gasteiger partial charge in [0.15, 0.2) is 0 Å². The van der Waals surface area contributed by atoms with Crippen LogP contribution in [0.1, 0.15) is 30.9 Å². The van der Waals surface area contributed by atoms with Crippen molar-refractivity contribution in [1.82, 2.24) is 0 Å². The van der Waals surface area contributed by atoms with Gasteiger partial charge in [-0.25, -0.2) is 8.42 Å². The molecule has 0 bridgehead atoms. The van der Waals surface area contributed by atoms with E-state index < -0.39 is 15.9 Å².